The first-order valence-corrected chi connectivity index (χ1v) is 9.27. The number of hydrogen-bond acceptors (Lipinski definition) is 7. The highest BCUT2D eigenvalue weighted by Gasteiger charge is 2.44. The highest BCUT2D eigenvalue weighted by Crippen LogP contribution is 2.27. The van der Waals surface area contributed by atoms with Crippen molar-refractivity contribution in [1.29, 1.82) is 0 Å². The van der Waals surface area contributed by atoms with Gasteiger partial charge in [0.2, 0.25) is 11.7 Å². The van der Waals surface area contributed by atoms with Gasteiger partial charge in [-0.15, -0.1) is 0 Å². The van der Waals surface area contributed by atoms with Crippen LogP contribution in [-0.4, -0.2) is 76.6 Å². The van der Waals surface area contributed by atoms with E-state index in [1.807, 2.05) is 0 Å². The maximum atomic E-state index is 13.1. The van der Waals surface area contributed by atoms with Gasteiger partial charge in [0.1, 0.15) is 17.9 Å². The van der Waals surface area contributed by atoms with Crippen molar-refractivity contribution >= 4 is 11.8 Å². The summed E-state index contributed by atoms with van der Waals surface area (Å²) in [4.78, 5) is 37.5. The third kappa shape index (κ3) is 3.70. The van der Waals surface area contributed by atoms with E-state index in [-0.39, 0.29) is 30.2 Å². The quantitative estimate of drug-likeness (QED) is 0.770. The van der Waals surface area contributed by atoms with Crippen molar-refractivity contribution in [1.82, 2.24) is 19.8 Å². The van der Waals surface area contributed by atoms with Crippen molar-refractivity contribution < 1.29 is 23.5 Å². The lowest BCUT2D eigenvalue weighted by molar-refractivity contribution is -0.139. The van der Waals surface area contributed by atoms with Crippen molar-refractivity contribution in [3.8, 4) is 5.75 Å². The first-order chi connectivity index (χ1) is 13.6. The van der Waals surface area contributed by atoms with E-state index in [1.54, 1.807) is 36.4 Å². The molecule has 0 radical (unpaired) electrons. The Hall–Kier alpha value is -2.94. The highest BCUT2D eigenvalue weighted by molar-refractivity contribution is 5.96. The molecule has 0 unspecified atom stereocenters. The fourth-order valence-corrected chi connectivity index (χ4v) is 3.58. The summed E-state index contributed by atoms with van der Waals surface area (Å²) in [5.74, 6) is 0.321. The Balaban J connectivity index is 1.55. The van der Waals surface area contributed by atoms with E-state index in [1.165, 1.54) is 11.3 Å². The van der Waals surface area contributed by atoms with Gasteiger partial charge in [0.15, 0.2) is 6.39 Å². The van der Waals surface area contributed by atoms with Crippen molar-refractivity contribution in [2.45, 2.75) is 25.5 Å². The van der Waals surface area contributed by atoms with Gasteiger partial charge < -0.3 is 23.7 Å². The molecule has 0 aliphatic carbocycles. The Morgan fingerprint density at radius 1 is 1.29 bits per heavy atom. The van der Waals surface area contributed by atoms with E-state index in [2.05, 4.69) is 9.97 Å². The summed E-state index contributed by atoms with van der Waals surface area (Å²) in [7, 11) is 0. The van der Waals surface area contributed by atoms with Crippen LogP contribution in [0.1, 0.15) is 22.7 Å². The summed E-state index contributed by atoms with van der Waals surface area (Å²) in [6.45, 7) is 4.04. The number of likely N-dealkylation sites (tertiary alicyclic amines) is 1. The number of nitrogens with zero attached hydrogens (tertiary/aromatic N) is 4. The molecule has 2 amide bonds. The number of carbonyl (C=O) groups is 2. The zero-order valence-electron chi connectivity index (χ0n) is 15.6. The minimum atomic E-state index is -0.614. The summed E-state index contributed by atoms with van der Waals surface area (Å²) in [6, 6.07) is 2.97. The van der Waals surface area contributed by atoms with Gasteiger partial charge in [-0.1, -0.05) is 0 Å². The molecule has 0 saturated carbocycles. The first-order valence-electron chi connectivity index (χ1n) is 9.27. The molecule has 4 rings (SSSR count). The zero-order valence-corrected chi connectivity index (χ0v) is 15.6. The van der Waals surface area contributed by atoms with Crippen LogP contribution in [-0.2, 0) is 9.53 Å². The average molecular weight is 386 g/mol. The van der Waals surface area contributed by atoms with E-state index in [0.717, 1.165) is 0 Å². The molecule has 0 spiro atoms. The number of morpholine rings is 1. The maximum absolute atomic E-state index is 13.1. The Bertz CT molecular complexity index is 834. The number of oxazole rings is 1. The lowest BCUT2D eigenvalue weighted by Crippen LogP contribution is -2.51. The van der Waals surface area contributed by atoms with Gasteiger partial charge in [0, 0.05) is 25.7 Å². The van der Waals surface area contributed by atoms with E-state index in [4.69, 9.17) is 13.9 Å². The second-order valence-corrected chi connectivity index (χ2v) is 6.84. The number of ether oxygens (including phenoxy) is 2. The molecule has 4 heterocycles. The van der Waals surface area contributed by atoms with E-state index in [9.17, 15) is 9.59 Å². The number of carbonyl (C=O) groups excluding carboxylic acids is 2. The highest BCUT2D eigenvalue weighted by atomic mass is 16.5. The number of aryl methyl sites for hydroxylation is 1. The van der Waals surface area contributed by atoms with Crippen LogP contribution in [0.4, 0.5) is 0 Å². The van der Waals surface area contributed by atoms with Crippen LogP contribution in [0.3, 0.4) is 0 Å². The van der Waals surface area contributed by atoms with Crippen LogP contribution in [0, 0.1) is 6.92 Å². The normalized spacial score (nSPS) is 22.3. The van der Waals surface area contributed by atoms with Gasteiger partial charge in [0.05, 0.1) is 31.6 Å². The molecule has 2 aliphatic rings. The number of pyridine rings is 1. The molecule has 0 N–H and O–H groups in total. The molecule has 28 heavy (non-hydrogen) atoms. The predicted octanol–water partition coefficient (Wildman–Crippen LogP) is 0.899. The minimum Gasteiger partial charge on any atom is -0.487 e. The SMILES string of the molecule is Cc1ncoc1C(=O)N1C[C@@H](Oc2cccnc2)C[C@H]1C(=O)N1CCOCC1. The fourth-order valence-electron chi connectivity index (χ4n) is 3.58. The topological polar surface area (TPSA) is 98.0 Å². The van der Waals surface area contributed by atoms with Gasteiger partial charge in [-0.25, -0.2) is 4.98 Å². The molecule has 2 aliphatic heterocycles. The third-order valence-corrected chi connectivity index (χ3v) is 5.01. The molecule has 2 saturated heterocycles. The standard InChI is InChI=1S/C19H22N4O5/c1-13-17(27-12-21-13)19(25)23-11-15(28-14-3-2-4-20-10-14)9-16(23)18(24)22-5-7-26-8-6-22/h2-4,10,12,15-16H,5-9,11H2,1H3/t15-,16-/m0/s1. The summed E-state index contributed by atoms with van der Waals surface area (Å²) in [6.07, 6.45) is 4.61. The van der Waals surface area contributed by atoms with Crippen LogP contribution < -0.4 is 4.74 Å². The maximum Gasteiger partial charge on any atom is 0.292 e. The molecular weight excluding hydrogens is 364 g/mol. The molecule has 9 nitrogen and oxygen atoms in total. The molecule has 0 aromatic carbocycles. The first kappa shape index (κ1) is 18.4. The van der Waals surface area contributed by atoms with Crippen molar-refractivity contribution in [3.05, 3.63) is 42.4 Å². The second-order valence-electron chi connectivity index (χ2n) is 6.84. The molecule has 148 valence electrons. The van der Waals surface area contributed by atoms with Crippen LogP contribution in [0.5, 0.6) is 5.75 Å². The molecule has 2 aromatic heterocycles. The lowest BCUT2D eigenvalue weighted by atomic mass is 10.1. The Morgan fingerprint density at radius 3 is 2.79 bits per heavy atom. The van der Waals surface area contributed by atoms with Gasteiger partial charge in [-0.2, -0.15) is 0 Å². The van der Waals surface area contributed by atoms with E-state index in [0.29, 0.717) is 44.2 Å². The van der Waals surface area contributed by atoms with E-state index < -0.39 is 6.04 Å². The van der Waals surface area contributed by atoms with Crippen LogP contribution >= 0.6 is 0 Å². The second kappa shape index (κ2) is 7.97. The van der Waals surface area contributed by atoms with Gasteiger partial charge in [-0.05, 0) is 19.1 Å². The summed E-state index contributed by atoms with van der Waals surface area (Å²) < 4.78 is 16.6. The van der Waals surface area contributed by atoms with Crippen LogP contribution in [0.15, 0.2) is 35.3 Å². The van der Waals surface area contributed by atoms with Gasteiger partial charge >= 0.3 is 0 Å². The Morgan fingerprint density at radius 2 is 2.11 bits per heavy atom. The minimum absolute atomic E-state index is 0.0916. The Labute approximate surface area is 162 Å². The molecule has 9 heteroatoms. The van der Waals surface area contributed by atoms with E-state index >= 15 is 0 Å². The zero-order chi connectivity index (χ0) is 19.5. The summed E-state index contributed by atoms with van der Waals surface area (Å²) in [5, 5.41) is 0. The molecule has 2 atom stereocenters. The Kier molecular flexibility index (Phi) is 5.25. The van der Waals surface area contributed by atoms with Crippen molar-refractivity contribution in [2.24, 2.45) is 0 Å². The fraction of sp³-hybridized carbons (Fsp3) is 0.474. The predicted molar refractivity (Wildman–Crippen MR) is 96.7 cm³/mol. The average Bonchev–Trinajstić information content (AvgIpc) is 3.35. The number of rotatable bonds is 4. The molecule has 2 aromatic rings. The van der Waals surface area contributed by atoms with Crippen molar-refractivity contribution in [2.75, 3.05) is 32.8 Å². The largest absolute Gasteiger partial charge is 0.487 e. The molecule has 0 bridgehead atoms. The van der Waals surface area contributed by atoms with Crippen LogP contribution in [0.2, 0.25) is 0 Å². The molecular formula is C19H22N4O5. The summed E-state index contributed by atoms with van der Waals surface area (Å²) in [5.41, 5.74) is 0.499. The number of aromatic nitrogens is 2. The smallest absolute Gasteiger partial charge is 0.292 e. The lowest BCUT2D eigenvalue weighted by Gasteiger charge is -2.32. The number of amides is 2. The van der Waals surface area contributed by atoms with Gasteiger partial charge in [-0.3, -0.25) is 14.6 Å². The third-order valence-electron chi connectivity index (χ3n) is 5.01. The van der Waals surface area contributed by atoms with Gasteiger partial charge in [0.25, 0.3) is 5.91 Å². The monoisotopic (exact) mass is 386 g/mol. The van der Waals surface area contributed by atoms with Crippen molar-refractivity contribution in [3.63, 3.8) is 0 Å². The molecule has 2 fully saturated rings. The number of hydrogen-bond donors (Lipinski definition) is 0. The summed E-state index contributed by atoms with van der Waals surface area (Å²) >= 11 is 0. The van der Waals surface area contributed by atoms with Crippen LogP contribution in [0.25, 0.3) is 0 Å².